The highest BCUT2D eigenvalue weighted by atomic mass is 32.1. The molecule has 3 aromatic rings. The van der Waals surface area contributed by atoms with E-state index < -0.39 is 23.9 Å². The third kappa shape index (κ3) is 6.81. The van der Waals surface area contributed by atoms with Gasteiger partial charge in [-0.1, -0.05) is 124 Å². The summed E-state index contributed by atoms with van der Waals surface area (Å²) in [6.45, 7) is 6.71. The number of carbonyl (C=O) groups is 1. The van der Waals surface area contributed by atoms with E-state index >= 15 is 0 Å². The molecule has 5 atom stereocenters. The fraction of sp³-hybridized carbons (Fsp3) is 0.405. The molecule has 2 heterocycles. The number of benzene rings is 3. The number of hydrogen-bond donors (Lipinski definition) is 1. The van der Waals surface area contributed by atoms with E-state index in [0.717, 1.165) is 23.1 Å². The predicted molar refractivity (Wildman–Crippen MR) is 176 cm³/mol. The van der Waals surface area contributed by atoms with Gasteiger partial charge in [0.1, 0.15) is 0 Å². The number of carbonyl (C=O) groups excluding carboxylic acids is 1. The Morgan fingerprint density at radius 2 is 1.48 bits per heavy atom. The highest BCUT2D eigenvalue weighted by Gasteiger charge is 2.57. The summed E-state index contributed by atoms with van der Waals surface area (Å²) in [7, 11) is 0. The van der Waals surface area contributed by atoms with Gasteiger partial charge in [0.2, 0.25) is 5.91 Å². The van der Waals surface area contributed by atoms with Gasteiger partial charge in [0, 0.05) is 11.1 Å². The number of nitrogens with zero attached hydrogens (tertiary/aromatic N) is 1. The molecule has 0 unspecified atom stereocenters. The van der Waals surface area contributed by atoms with Crippen LogP contribution < -0.4 is 0 Å². The summed E-state index contributed by atoms with van der Waals surface area (Å²) in [6, 6.07) is 29.5. The molecule has 0 saturated carbocycles. The third-order valence-electron chi connectivity index (χ3n) is 8.64. The Hall–Kier alpha value is -3.36. The zero-order valence-corrected chi connectivity index (χ0v) is 26.6. The average Bonchev–Trinajstić information content (AvgIpc) is 3.18. The zero-order chi connectivity index (χ0) is 31.1. The van der Waals surface area contributed by atoms with Crippen molar-refractivity contribution in [2.24, 2.45) is 5.92 Å². The molecule has 1 fully saturated rings. The van der Waals surface area contributed by atoms with E-state index in [0.29, 0.717) is 19.4 Å². The maximum Gasteiger partial charge on any atom is 0.267 e. The second kappa shape index (κ2) is 14.6. The maximum absolute atomic E-state index is 14.1. The molecule has 1 amide bonds. The molecule has 2 aliphatic rings. The zero-order valence-electron chi connectivity index (χ0n) is 25.8. The molecule has 232 valence electrons. The molecular formula is C37H43NO5S. The lowest BCUT2D eigenvalue weighted by Crippen LogP contribution is -2.51. The van der Waals surface area contributed by atoms with Crippen LogP contribution in [-0.4, -0.2) is 51.5 Å². The van der Waals surface area contributed by atoms with Crippen LogP contribution in [-0.2, 0) is 31.2 Å². The Labute approximate surface area is 266 Å². The minimum absolute atomic E-state index is 0.00882. The van der Waals surface area contributed by atoms with Crippen molar-refractivity contribution in [3.05, 3.63) is 120 Å². The Morgan fingerprint density at radius 3 is 2.02 bits per heavy atom. The van der Waals surface area contributed by atoms with Crippen molar-refractivity contribution in [3.63, 3.8) is 0 Å². The number of aliphatic hydroxyl groups is 1. The molecule has 44 heavy (non-hydrogen) atoms. The second-order valence-electron chi connectivity index (χ2n) is 12.0. The monoisotopic (exact) mass is 613 g/mol. The van der Waals surface area contributed by atoms with Crippen LogP contribution in [0.1, 0.15) is 63.1 Å². The van der Waals surface area contributed by atoms with Gasteiger partial charge < -0.3 is 19.3 Å². The van der Waals surface area contributed by atoms with Crippen LogP contribution in [0.4, 0.5) is 0 Å². The summed E-state index contributed by atoms with van der Waals surface area (Å²) in [4.78, 5) is 15.7. The van der Waals surface area contributed by atoms with E-state index in [4.69, 9.17) is 26.4 Å². The van der Waals surface area contributed by atoms with E-state index in [9.17, 15) is 9.90 Å². The molecule has 1 saturated heterocycles. The van der Waals surface area contributed by atoms with Gasteiger partial charge in [-0.05, 0) is 43.0 Å². The quantitative estimate of drug-likeness (QED) is 0.187. The van der Waals surface area contributed by atoms with Gasteiger partial charge in [-0.25, -0.2) is 0 Å². The van der Waals surface area contributed by atoms with Crippen molar-refractivity contribution in [2.45, 2.75) is 89.1 Å². The van der Waals surface area contributed by atoms with Crippen molar-refractivity contribution in [1.82, 2.24) is 4.90 Å². The van der Waals surface area contributed by atoms with Gasteiger partial charge in [0.25, 0.3) is 5.17 Å². The number of ether oxygens (including phenoxy) is 3. The third-order valence-corrected chi connectivity index (χ3v) is 8.92. The fourth-order valence-electron chi connectivity index (χ4n) is 6.52. The molecule has 0 spiro atoms. The predicted octanol–water partition coefficient (Wildman–Crippen LogP) is 6.95. The van der Waals surface area contributed by atoms with Crippen molar-refractivity contribution < 1.29 is 24.1 Å². The molecule has 1 N–H and O–H groups in total. The smallest absolute Gasteiger partial charge is 0.267 e. The van der Waals surface area contributed by atoms with Gasteiger partial charge in [-0.15, -0.1) is 0 Å². The van der Waals surface area contributed by atoms with Gasteiger partial charge >= 0.3 is 0 Å². The molecule has 6 nitrogen and oxygen atoms in total. The van der Waals surface area contributed by atoms with Crippen molar-refractivity contribution in [3.8, 4) is 0 Å². The van der Waals surface area contributed by atoms with Gasteiger partial charge in [-0.3, -0.25) is 9.69 Å². The van der Waals surface area contributed by atoms with Crippen LogP contribution in [0.5, 0.6) is 0 Å². The Kier molecular flexibility index (Phi) is 10.6. The SMILES string of the molecule is CC[C@H](OCc1ccccc1)[C@H]1CC=CC[C@H]([C@@H](O)CC(=O)N2C(=S)OC(c3ccccc3)(c3ccccc3)[C@H]2C(C)C)O1. The fourth-order valence-corrected chi connectivity index (χ4v) is 6.87. The normalized spacial score (nSPS) is 22.8. The molecule has 0 bridgehead atoms. The summed E-state index contributed by atoms with van der Waals surface area (Å²) in [5.41, 5.74) is 1.96. The van der Waals surface area contributed by atoms with Crippen LogP contribution in [0, 0.1) is 5.92 Å². The standard InChI is InChI=1S/C37H43NO5S/c1-4-31(41-25-27-16-8-5-9-17-27)33-23-15-14-22-32(42-33)30(39)24-34(40)38-35(26(2)3)37(43-36(38)44,28-18-10-6-11-19-28)29-20-12-7-13-21-29/h5-21,26,30-33,35,39H,4,22-25H2,1-3H3/t30-,31-,32+,33+,35+/m0/s1. The van der Waals surface area contributed by atoms with E-state index in [1.54, 1.807) is 4.90 Å². The van der Waals surface area contributed by atoms with Crippen LogP contribution >= 0.6 is 12.2 Å². The molecule has 0 aromatic heterocycles. The lowest BCUT2D eigenvalue weighted by molar-refractivity contribution is -0.145. The summed E-state index contributed by atoms with van der Waals surface area (Å²) < 4.78 is 19.4. The summed E-state index contributed by atoms with van der Waals surface area (Å²) in [5, 5.41) is 11.6. The first-order valence-electron chi connectivity index (χ1n) is 15.6. The lowest BCUT2D eigenvalue weighted by Gasteiger charge is -2.38. The molecule has 3 aromatic carbocycles. The van der Waals surface area contributed by atoms with Crippen molar-refractivity contribution in [1.29, 1.82) is 0 Å². The van der Waals surface area contributed by atoms with Crippen molar-refractivity contribution >= 4 is 23.3 Å². The Morgan fingerprint density at radius 1 is 0.932 bits per heavy atom. The van der Waals surface area contributed by atoms with Gasteiger partial charge in [0.15, 0.2) is 5.60 Å². The first-order valence-corrected chi connectivity index (χ1v) is 16.1. The van der Waals surface area contributed by atoms with Crippen molar-refractivity contribution in [2.75, 3.05) is 0 Å². The Balaban J connectivity index is 1.34. The lowest BCUT2D eigenvalue weighted by atomic mass is 9.75. The highest BCUT2D eigenvalue weighted by Crippen LogP contribution is 2.47. The molecule has 5 rings (SSSR count). The minimum Gasteiger partial charge on any atom is -0.452 e. The van der Waals surface area contributed by atoms with Gasteiger partial charge in [-0.2, -0.15) is 0 Å². The Bertz CT molecular complexity index is 1360. The molecule has 0 radical (unpaired) electrons. The van der Waals surface area contributed by atoms with E-state index in [1.807, 2.05) is 97.1 Å². The van der Waals surface area contributed by atoms with E-state index in [2.05, 4.69) is 26.8 Å². The highest BCUT2D eigenvalue weighted by molar-refractivity contribution is 7.80. The largest absolute Gasteiger partial charge is 0.452 e. The summed E-state index contributed by atoms with van der Waals surface area (Å²) in [6.07, 6.45) is 3.96. The van der Waals surface area contributed by atoms with Crippen LogP contribution in [0.3, 0.4) is 0 Å². The number of aliphatic hydroxyl groups excluding tert-OH is 1. The van der Waals surface area contributed by atoms with E-state index in [-0.39, 0.29) is 35.6 Å². The topological polar surface area (TPSA) is 68.2 Å². The number of hydrogen-bond acceptors (Lipinski definition) is 6. The van der Waals surface area contributed by atoms with Crippen LogP contribution in [0.15, 0.2) is 103 Å². The summed E-state index contributed by atoms with van der Waals surface area (Å²) in [5.74, 6) is -0.291. The number of amides is 1. The number of rotatable bonds is 11. The first-order chi connectivity index (χ1) is 21.3. The second-order valence-corrected chi connectivity index (χ2v) is 12.3. The minimum atomic E-state index is -1.03. The van der Waals surface area contributed by atoms with Crippen LogP contribution in [0.25, 0.3) is 0 Å². The molecule has 0 aliphatic carbocycles. The first kappa shape index (κ1) is 32.0. The van der Waals surface area contributed by atoms with Crippen LogP contribution in [0.2, 0.25) is 0 Å². The summed E-state index contributed by atoms with van der Waals surface area (Å²) >= 11 is 5.77. The number of thiocarbonyl (C=S) groups is 1. The molecule has 7 heteroatoms. The molecule has 2 aliphatic heterocycles. The molecular weight excluding hydrogens is 570 g/mol. The average molecular weight is 614 g/mol. The van der Waals surface area contributed by atoms with E-state index in [1.165, 1.54) is 0 Å². The maximum atomic E-state index is 14.1. The van der Waals surface area contributed by atoms with Gasteiger partial charge in [0.05, 0.1) is 43.5 Å².